The third-order valence-corrected chi connectivity index (χ3v) is 3.73. The lowest BCUT2D eigenvalue weighted by Gasteiger charge is -2.11. The normalized spacial score (nSPS) is 10.4. The van der Waals surface area contributed by atoms with E-state index < -0.39 is 0 Å². The first-order valence-electron chi connectivity index (χ1n) is 5.04. The second kappa shape index (κ2) is 6.24. The van der Waals surface area contributed by atoms with E-state index in [1.54, 1.807) is 24.5 Å². The van der Waals surface area contributed by atoms with Gasteiger partial charge in [0.15, 0.2) is 0 Å². The van der Waals surface area contributed by atoms with Crippen LogP contribution in [0, 0.1) is 0 Å². The van der Waals surface area contributed by atoms with Crippen molar-refractivity contribution in [2.24, 2.45) is 0 Å². The van der Waals surface area contributed by atoms with Gasteiger partial charge in [-0.3, -0.25) is 4.98 Å². The SMILES string of the molecule is Clc1cc(Br)cc(Cl)c1NCc1cncc(Br)c1. The highest BCUT2D eigenvalue weighted by Gasteiger charge is 2.07. The highest BCUT2D eigenvalue weighted by atomic mass is 79.9. The fourth-order valence-corrected chi connectivity index (χ4v) is 3.21. The zero-order valence-electron chi connectivity index (χ0n) is 9.05. The molecule has 0 amide bonds. The van der Waals surface area contributed by atoms with E-state index >= 15 is 0 Å². The van der Waals surface area contributed by atoms with Crippen LogP contribution in [0.4, 0.5) is 5.69 Å². The molecule has 0 unspecified atom stereocenters. The van der Waals surface area contributed by atoms with E-state index in [9.17, 15) is 0 Å². The van der Waals surface area contributed by atoms with E-state index in [0.717, 1.165) is 20.2 Å². The third-order valence-electron chi connectivity index (χ3n) is 2.24. The molecule has 2 aromatic rings. The van der Waals surface area contributed by atoms with Crippen LogP contribution in [0.3, 0.4) is 0 Å². The maximum atomic E-state index is 6.13. The van der Waals surface area contributed by atoms with Gasteiger partial charge in [-0.1, -0.05) is 39.1 Å². The van der Waals surface area contributed by atoms with Crippen LogP contribution in [0.2, 0.25) is 10.0 Å². The predicted octanol–water partition coefficient (Wildman–Crippen LogP) is 5.53. The number of aromatic nitrogens is 1. The van der Waals surface area contributed by atoms with E-state index in [1.165, 1.54) is 0 Å². The van der Waals surface area contributed by atoms with Crippen molar-refractivity contribution >= 4 is 60.7 Å². The van der Waals surface area contributed by atoms with Gasteiger partial charge < -0.3 is 5.32 Å². The molecule has 1 heterocycles. The topological polar surface area (TPSA) is 24.9 Å². The number of halogens is 4. The van der Waals surface area contributed by atoms with Crippen molar-refractivity contribution in [1.29, 1.82) is 0 Å². The Morgan fingerprint density at radius 2 is 1.67 bits per heavy atom. The number of pyridine rings is 1. The Kier molecular flexibility index (Phi) is 4.90. The maximum absolute atomic E-state index is 6.13. The Morgan fingerprint density at radius 3 is 2.28 bits per heavy atom. The van der Waals surface area contributed by atoms with Gasteiger partial charge in [-0.15, -0.1) is 0 Å². The van der Waals surface area contributed by atoms with Gasteiger partial charge in [-0.05, 0) is 39.7 Å². The van der Waals surface area contributed by atoms with E-state index in [4.69, 9.17) is 23.2 Å². The summed E-state index contributed by atoms with van der Waals surface area (Å²) in [4.78, 5) is 4.10. The van der Waals surface area contributed by atoms with Crippen LogP contribution in [0.1, 0.15) is 5.56 Å². The summed E-state index contributed by atoms with van der Waals surface area (Å²) in [6.45, 7) is 0.605. The van der Waals surface area contributed by atoms with E-state index in [1.807, 2.05) is 6.07 Å². The number of benzene rings is 1. The van der Waals surface area contributed by atoms with Gasteiger partial charge in [0, 0.05) is 27.9 Å². The summed E-state index contributed by atoms with van der Waals surface area (Å²) in [6, 6.07) is 5.59. The lowest BCUT2D eigenvalue weighted by molar-refractivity contribution is 1.11. The van der Waals surface area contributed by atoms with Crippen molar-refractivity contribution in [3.63, 3.8) is 0 Å². The largest absolute Gasteiger partial charge is 0.378 e. The lowest BCUT2D eigenvalue weighted by atomic mass is 10.2. The molecule has 0 aliphatic rings. The molecule has 1 N–H and O–H groups in total. The molecule has 1 aromatic heterocycles. The predicted molar refractivity (Wildman–Crippen MR) is 83.4 cm³/mol. The first-order valence-corrected chi connectivity index (χ1v) is 7.38. The van der Waals surface area contributed by atoms with Crippen LogP contribution in [-0.2, 0) is 6.54 Å². The Hall–Kier alpha value is -0.290. The van der Waals surface area contributed by atoms with Gasteiger partial charge in [0.25, 0.3) is 0 Å². The lowest BCUT2D eigenvalue weighted by Crippen LogP contribution is -2.01. The van der Waals surface area contributed by atoms with Gasteiger partial charge in [-0.25, -0.2) is 0 Å². The van der Waals surface area contributed by atoms with Gasteiger partial charge in [-0.2, -0.15) is 0 Å². The molecule has 6 heteroatoms. The molecule has 0 fully saturated rings. The van der Waals surface area contributed by atoms with Crippen LogP contribution in [0.25, 0.3) is 0 Å². The second-order valence-corrected chi connectivity index (χ2v) is 6.26. The fraction of sp³-hybridized carbons (Fsp3) is 0.0833. The molecular formula is C12H8Br2Cl2N2. The number of anilines is 1. The summed E-state index contributed by atoms with van der Waals surface area (Å²) in [7, 11) is 0. The van der Waals surface area contributed by atoms with Gasteiger partial charge in [0.2, 0.25) is 0 Å². The number of hydrogen-bond donors (Lipinski definition) is 1. The molecule has 0 saturated carbocycles. The van der Waals surface area contributed by atoms with Crippen molar-refractivity contribution in [2.75, 3.05) is 5.32 Å². The maximum Gasteiger partial charge on any atom is 0.0722 e. The number of nitrogens with one attached hydrogen (secondary N) is 1. The van der Waals surface area contributed by atoms with Crippen molar-refractivity contribution < 1.29 is 0 Å². The Balaban J connectivity index is 2.16. The minimum atomic E-state index is 0.581. The molecule has 18 heavy (non-hydrogen) atoms. The van der Waals surface area contributed by atoms with Crippen LogP contribution < -0.4 is 5.32 Å². The summed E-state index contributed by atoms with van der Waals surface area (Å²) in [5.74, 6) is 0. The molecule has 1 aromatic carbocycles. The van der Waals surface area contributed by atoms with E-state index in [0.29, 0.717) is 16.6 Å². The standard InChI is InChI=1S/C12H8Br2Cl2N2/c13-8-2-10(15)12(11(16)3-8)18-5-7-1-9(14)6-17-4-7/h1-4,6,18H,5H2. The zero-order valence-corrected chi connectivity index (χ0v) is 13.7. The third kappa shape index (κ3) is 3.60. The molecule has 94 valence electrons. The van der Waals surface area contributed by atoms with E-state index in [-0.39, 0.29) is 0 Å². The minimum absolute atomic E-state index is 0.581. The number of rotatable bonds is 3. The highest BCUT2D eigenvalue weighted by molar-refractivity contribution is 9.10. The summed E-state index contributed by atoms with van der Waals surface area (Å²) in [5.41, 5.74) is 1.76. The van der Waals surface area contributed by atoms with Crippen molar-refractivity contribution in [2.45, 2.75) is 6.54 Å². The molecule has 0 saturated heterocycles. The average molecular weight is 411 g/mol. The van der Waals surface area contributed by atoms with Gasteiger partial charge in [0.1, 0.15) is 0 Å². The molecule has 0 aliphatic carbocycles. The van der Waals surface area contributed by atoms with Gasteiger partial charge >= 0.3 is 0 Å². The molecule has 0 atom stereocenters. The molecule has 0 radical (unpaired) electrons. The molecule has 2 nitrogen and oxygen atoms in total. The number of hydrogen-bond acceptors (Lipinski definition) is 2. The second-order valence-electron chi connectivity index (χ2n) is 3.61. The Labute approximate surface area is 132 Å². The molecule has 0 aliphatic heterocycles. The van der Waals surface area contributed by atoms with Crippen LogP contribution in [-0.4, -0.2) is 4.98 Å². The average Bonchev–Trinajstić information content (AvgIpc) is 2.27. The van der Waals surface area contributed by atoms with E-state index in [2.05, 4.69) is 42.2 Å². The summed E-state index contributed by atoms with van der Waals surface area (Å²) >= 11 is 19.0. The quantitative estimate of drug-likeness (QED) is 0.720. The first-order chi connectivity index (χ1) is 8.56. The molecule has 0 spiro atoms. The molecule has 0 bridgehead atoms. The highest BCUT2D eigenvalue weighted by Crippen LogP contribution is 2.34. The fourth-order valence-electron chi connectivity index (χ4n) is 1.45. The summed E-state index contributed by atoms with van der Waals surface area (Å²) < 4.78 is 1.79. The molecule has 2 rings (SSSR count). The monoisotopic (exact) mass is 408 g/mol. The summed E-state index contributed by atoms with van der Waals surface area (Å²) in [5, 5.41) is 4.37. The molecular weight excluding hydrogens is 403 g/mol. The zero-order chi connectivity index (χ0) is 13.1. The minimum Gasteiger partial charge on any atom is -0.378 e. The Bertz CT molecular complexity index is 553. The van der Waals surface area contributed by atoms with Gasteiger partial charge in [0.05, 0.1) is 15.7 Å². The smallest absolute Gasteiger partial charge is 0.0722 e. The van der Waals surface area contributed by atoms with Crippen molar-refractivity contribution in [3.05, 3.63) is 55.1 Å². The van der Waals surface area contributed by atoms with Crippen LogP contribution in [0.5, 0.6) is 0 Å². The summed E-state index contributed by atoms with van der Waals surface area (Å²) in [6.07, 6.45) is 3.53. The Morgan fingerprint density at radius 1 is 1.00 bits per heavy atom. The number of nitrogens with zero attached hydrogens (tertiary/aromatic N) is 1. The first kappa shape index (κ1) is 14.1. The van der Waals surface area contributed by atoms with Crippen LogP contribution >= 0.6 is 55.1 Å². The van der Waals surface area contributed by atoms with Crippen molar-refractivity contribution in [1.82, 2.24) is 4.98 Å². The van der Waals surface area contributed by atoms with Crippen molar-refractivity contribution in [3.8, 4) is 0 Å². The van der Waals surface area contributed by atoms with Crippen LogP contribution in [0.15, 0.2) is 39.5 Å².